The summed E-state index contributed by atoms with van der Waals surface area (Å²) in [6.07, 6.45) is 5.34. The van der Waals surface area contributed by atoms with E-state index in [2.05, 4.69) is 5.32 Å². The molecule has 0 atom stereocenters. The molecular weight excluding hydrogens is 362 g/mol. The van der Waals surface area contributed by atoms with Gasteiger partial charge in [-0.25, -0.2) is 0 Å². The fraction of sp³-hybridized carbons (Fsp3) is 0.300. The molecular formula is C20H19N3O5. The Hall–Kier alpha value is -3.60. The number of carbonyl (C=O) groups excluding carboxylic acids is 1. The van der Waals surface area contributed by atoms with E-state index in [1.165, 1.54) is 31.4 Å². The monoisotopic (exact) mass is 381 g/mol. The van der Waals surface area contributed by atoms with Gasteiger partial charge in [0, 0.05) is 24.3 Å². The van der Waals surface area contributed by atoms with Crippen LogP contribution in [0, 0.1) is 21.4 Å². The fourth-order valence-electron chi connectivity index (χ4n) is 3.20. The van der Waals surface area contributed by atoms with Crippen LogP contribution in [-0.2, 0) is 4.79 Å². The number of hydrogen-bond acceptors (Lipinski definition) is 6. The van der Waals surface area contributed by atoms with Gasteiger partial charge in [0.2, 0.25) is 0 Å². The van der Waals surface area contributed by atoms with Crippen LogP contribution in [0.15, 0.2) is 40.3 Å². The Balaban J connectivity index is 1.86. The largest absolute Gasteiger partial charge is 0.496 e. The van der Waals surface area contributed by atoms with Crippen LogP contribution in [0.3, 0.4) is 0 Å². The van der Waals surface area contributed by atoms with Crippen LogP contribution in [0.2, 0.25) is 0 Å². The van der Waals surface area contributed by atoms with Crippen molar-refractivity contribution in [2.75, 3.05) is 7.11 Å². The topological polar surface area (TPSA) is 118 Å². The maximum absolute atomic E-state index is 12.3. The highest BCUT2D eigenvalue weighted by Crippen LogP contribution is 2.34. The molecule has 0 saturated heterocycles. The zero-order chi connectivity index (χ0) is 20.1. The number of nitrogens with one attached hydrogen (secondary N) is 1. The summed E-state index contributed by atoms with van der Waals surface area (Å²) in [5, 5.41) is 23.2. The van der Waals surface area contributed by atoms with Gasteiger partial charge in [-0.15, -0.1) is 0 Å². The van der Waals surface area contributed by atoms with Crippen LogP contribution in [0.5, 0.6) is 5.75 Å². The number of benzene rings is 1. The molecule has 1 aromatic carbocycles. The number of rotatable bonds is 6. The molecule has 0 aliphatic heterocycles. The third-order valence-corrected chi connectivity index (χ3v) is 4.63. The zero-order valence-electron chi connectivity index (χ0n) is 15.3. The van der Waals surface area contributed by atoms with Crippen molar-refractivity contribution in [1.29, 1.82) is 5.26 Å². The predicted octanol–water partition coefficient (Wildman–Crippen LogP) is 3.83. The molecule has 1 amide bonds. The molecule has 1 heterocycles. The minimum atomic E-state index is -0.506. The molecule has 0 unspecified atom stereocenters. The molecule has 8 nitrogen and oxygen atoms in total. The molecule has 1 aromatic heterocycles. The van der Waals surface area contributed by atoms with Crippen LogP contribution >= 0.6 is 0 Å². The summed E-state index contributed by atoms with van der Waals surface area (Å²) in [5.74, 6) is 0.609. The highest BCUT2D eigenvalue weighted by atomic mass is 16.6. The number of hydrogen-bond donors (Lipinski definition) is 1. The second-order valence-electron chi connectivity index (χ2n) is 6.47. The van der Waals surface area contributed by atoms with Crippen LogP contribution in [0.25, 0.3) is 17.4 Å². The maximum atomic E-state index is 12.3. The second-order valence-corrected chi connectivity index (χ2v) is 6.47. The highest BCUT2D eigenvalue weighted by molar-refractivity contribution is 6.01. The van der Waals surface area contributed by atoms with Crippen molar-refractivity contribution in [2.45, 2.75) is 31.7 Å². The molecule has 1 aliphatic rings. The third kappa shape index (κ3) is 4.20. The minimum Gasteiger partial charge on any atom is -0.496 e. The molecule has 0 radical (unpaired) electrons. The van der Waals surface area contributed by atoms with Gasteiger partial charge in [-0.1, -0.05) is 12.8 Å². The van der Waals surface area contributed by atoms with Crippen LogP contribution in [0.4, 0.5) is 5.69 Å². The number of ether oxygens (including phenoxy) is 1. The Morgan fingerprint density at radius 2 is 2.11 bits per heavy atom. The highest BCUT2D eigenvalue weighted by Gasteiger charge is 2.20. The van der Waals surface area contributed by atoms with Gasteiger partial charge >= 0.3 is 0 Å². The van der Waals surface area contributed by atoms with Gasteiger partial charge in [-0.05, 0) is 31.0 Å². The van der Waals surface area contributed by atoms with Crippen LogP contribution in [0.1, 0.15) is 31.4 Å². The summed E-state index contributed by atoms with van der Waals surface area (Å²) < 4.78 is 10.9. The van der Waals surface area contributed by atoms with Crippen LogP contribution < -0.4 is 10.1 Å². The van der Waals surface area contributed by atoms with Crippen LogP contribution in [-0.4, -0.2) is 24.0 Å². The zero-order valence-corrected chi connectivity index (χ0v) is 15.3. The molecule has 144 valence electrons. The molecule has 1 aliphatic carbocycles. The van der Waals surface area contributed by atoms with Crippen molar-refractivity contribution < 1.29 is 18.9 Å². The fourth-order valence-corrected chi connectivity index (χ4v) is 3.20. The number of non-ortho nitro benzene ring substituents is 1. The van der Waals surface area contributed by atoms with Gasteiger partial charge in [0.1, 0.15) is 28.9 Å². The van der Waals surface area contributed by atoms with E-state index in [1.54, 1.807) is 12.1 Å². The first kappa shape index (κ1) is 19.2. The third-order valence-electron chi connectivity index (χ3n) is 4.63. The summed E-state index contributed by atoms with van der Waals surface area (Å²) in [5.41, 5.74) is 0.252. The van der Waals surface area contributed by atoms with Crippen molar-refractivity contribution in [1.82, 2.24) is 5.32 Å². The van der Waals surface area contributed by atoms with E-state index in [0.717, 1.165) is 25.7 Å². The number of nitro groups is 1. The quantitative estimate of drug-likeness (QED) is 0.351. The molecule has 0 spiro atoms. The normalized spacial score (nSPS) is 14.5. The number of nitrogens with zero attached hydrogens (tertiary/aromatic N) is 2. The lowest BCUT2D eigenvalue weighted by Gasteiger charge is -2.10. The summed E-state index contributed by atoms with van der Waals surface area (Å²) in [6.45, 7) is 0. The van der Waals surface area contributed by atoms with Gasteiger partial charge in [0.05, 0.1) is 17.6 Å². The predicted molar refractivity (Wildman–Crippen MR) is 101 cm³/mol. The minimum absolute atomic E-state index is 0.0567. The van der Waals surface area contributed by atoms with E-state index >= 15 is 0 Å². The maximum Gasteiger partial charge on any atom is 0.270 e. The lowest BCUT2D eigenvalue weighted by molar-refractivity contribution is -0.384. The standard InChI is InChI=1S/C20H19N3O5/c1-27-18-8-6-15(23(25)26)11-17(18)19-9-7-16(28-19)10-13(12-21)20(24)22-14-4-2-3-5-14/h6-11,14H,2-5H2,1H3,(H,22,24)/b13-10-. The Bertz CT molecular complexity index is 964. The van der Waals surface area contributed by atoms with Gasteiger partial charge in [-0.3, -0.25) is 14.9 Å². The van der Waals surface area contributed by atoms with Crippen molar-refractivity contribution >= 4 is 17.7 Å². The van der Waals surface area contributed by atoms with E-state index in [4.69, 9.17) is 9.15 Å². The Kier molecular flexibility index (Phi) is 5.75. The van der Waals surface area contributed by atoms with Gasteiger partial charge in [0.25, 0.3) is 11.6 Å². The first-order valence-electron chi connectivity index (χ1n) is 8.87. The summed E-state index contributed by atoms with van der Waals surface area (Å²) in [7, 11) is 1.45. The van der Waals surface area contributed by atoms with E-state index < -0.39 is 10.8 Å². The van der Waals surface area contributed by atoms with Crippen molar-refractivity contribution in [3.05, 3.63) is 51.8 Å². The SMILES string of the molecule is COc1ccc([N+](=O)[O-])cc1-c1ccc(/C=C(/C#N)C(=O)NC2CCCC2)o1. The van der Waals surface area contributed by atoms with Crippen molar-refractivity contribution in [3.8, 4) is 23.1 Å². The number of amides is 1. The molecule has 2 aromatic rings. The first-order chi connectivity index (χ1) is 13.5. The average molecular weight is 381 g/mol. The molecule has 8 heteroatoms. The number of furan rings is 1. The van der Waals surface area contributed by atoms with Crippen molar-refractivity contribution in [2.24, 2.45) is 0 Å². The molecule has 28 heavy (non-hydrogen) atoms. The van der Waals surface area contributed by atoms with Gasteiger partial charge < -0.3 is 14.5 Å². The van der Waals surface area contributed by atoms with E-state index in [1.807, 2.05) is 6.07 Å². The molecule has 0 bridgehead atoms. The van der Waals surface area contributed by atoms with E-state index in [0.29, 0.717) is 22.8 Å². The lowest BCUT2D eigenvalue weighted by Crippen LogP contribution is -2.33. The molecule has 3 rings (SSSR count). The summed E-state index contributed by atoms with van der Waals surface area (Å²) in [6, 6.07) is 9.38. The average Bonchev–Trinajstić information content (AvgIpc) is 3.37. The smallest absolute Gasteiger partial charge is 0.270 e. The number of nitriles is 1. The van der Waals surface area contributed by atoms with E-state index in [9.17, 15) is 20.2 Å². The van der Waals surface area contributed by atoms with Crippen molar-refractivity contribution in [3.63, 3.8) is 0 Å². The van der Waals surface area contributed by atoms with Gasteiger partial charge in [0.15, 0.2) is 0 Å². The molecule has 1 saturated carbocycles. The number of methoxy groups -OCH3 is 1. The Morgan fingerprint density at radius 1 is 1.36 bits per heavy atom. The molecule has 1 N–H and O–H groups in total. The summed E-state index contributed by atoms with van der Waals surface area (Å²) >= 11 is 0. The Labute approximate surface area is 161 Å². The number of carbonyl (C=O) groups is 1. The number of nitro benzene ring substituents is 1. The van der Waals surface area contributed by atoms with E-state index in [-0.39, 0.29) is 17.3 Å². The Morgan fingerprint density at radius 3 is 2.75 bits per heavy atom. The first-order valence-corrected chi connectivity index (χ1v) is 8.87. The summed E-state index contributed by atoms with van der Waals surface area (Å²) in [4.78, 5) is 22.8. The lowest BCUT2D eigenvalue weighted by atomic mass is 10.1. The second kappa shape index (κ2) is 8.39. The molecule has 1 fully saturated rings. The van der Waals surface area contributed by atoms with Gasteiger partial charge in [-0.2, -0.15) is 5.26 Å².